The van der Waals surface area contributed by atoms with Crippen LogP contribution < -0.4 is 9.86 Å². The van der Waals surface area contributed by atoms with E-state index < -0.39 is 22.1 Å². The number of rotatable bonds is 4. The standard InChI is InChI=1S/C21H17F3N4O2S/c1-13-6-11-18(17-5-3-2-4-16(13)17)19-12-20(21(22,23)24)26-28(19)15-9-7-14(8-10-15)27-31(25,29)30/h2-12,27H,1H3,(H2,25,29,30). The zero-order valence-electron chi connectivity index (χ0n) is 16.2. The molecule has 0 atom stereocenters. The van der Waals surface area contributed by atoms with Crippen LogP contribution in [0.2, 0.25) is 0 Å². The van der Waals surface area contributed by atoms with Crippen molar-refractivity contribution in [1.29, 1.82) is 0 Å². The highest BCUT2D eigenvalue weighted by Crippen LogP contribution is 2.36. The van der Waals surface area contributed by atoms with Gasteiger partial charge in [0.15, 0.2) is 5.69 Å². The van der Waals surface area contributed by atoms with Gasteiger partial charge in [-0.3, -0.25) is 4.72 Å². The zero-order chi connectivity index (χ0) is 22.4. The first kappa shape index (κ1) is 20.9. The van der Waals surface area contributed by atoms with Gasteiger partial charge in [0, 0.05) is 11.3 Å². The van der Waals surface area contributed by atoms with Crippen LogP contribution in [0.3, 0.4) is 0 Å². The Hall–Kier alpha value is -3.37. The second kappa shape index (κ2) is 7.40. The molecule has 0 amide bonds. The molecule has 0 aliphatic carbocycles. The van der Waals surface area contributed by atoms with Crippen molar-refractivity contribution >= 4 is 26.7 Å². The van der Waals surface area contributed by atoms with E-state index in [2.05, 4.69) is 9.82 Å². The molecule has 3 N–H and O–H groups in total. The Morgan fingerprint density at radius 3 is 2.23 bits per heavy atom. The van der Waals surface area contributed by atoms with E-state index in [-0.39, 0.29) is 11.4 Å². The van der Waals surface area contributed by atoms with Crippen LogP contribution >= 0.6 is 0 Å². The molecule has 0 bridgehead atoms. The number of aryl methyl sites for hydroxylation is 1. The Kier molecular flexibility index (Phi) is 4.98. The molecule has 0 saturated carbocycles. The minimum Gasteiger partial charge on any atom is -0.271 e. The normalized spacial score (nSPS) is 12.3. The van der Waals surface area contributed by atoms with Gasteiger partial charge in [-0.05, 0) is 53.6 Å². The third-order valence-electron chi connectivity index (χ3n) is 4.79. The molecule has 0 aliphatic heterocycles. The fraction of sp³-hybridized carbons (Fsp3) is 0.0952. The molecule has 1 aromatic heterocycles. The molecule has 4 aromatic rings. The maximum absolute atomic E-state index is 13.5. The van der Waals surface area contributed by atoms with Gasteiger partial charge in [0.05, 0.1) is 11.4 Å². The minimum atomic E-state index is -4.63. The second-order valence-electron chi connectivity index (χ2n) is 6.99. The molecule has 0 saturated heterocycles. The number of anilines is 1. The summed E-state index contributed by atoms with van der Waals surface area (Å²) in [5.41, 5.74) is 1.33. The predicted octanol–water partition coefficient (Wildman–Crippen LogP) is 4.64. The lowest BCUT2D eigenvalue weighted by Gasteiger charge is -2.12. The molecular weight excluding hydrogens is 429 g/mol. The number of aromatic nitrogens is 2. The molecule has 6 nitrogen and oxygen atoms in total. The maximum Gasteiger partial charge on any atom is 0.435 e. The summed E-state index contributed by atoms with van der Waals surface area (Å²) in [6.45, 7) is 1.93. The Balaban J connectivity index is 1.91. The number of alkyl halides is 3. The van der Waals surface area contributed by atoms with Gasteiger partial charge in [-0.25, -0.2) is 9.82 Å². The van der Waals surface area contributed by atoms with E-state index in [1.807, 2.05) is 37.3 Å². The number of benzene rings is 3. The number of nitrogens with zero attached hydrogens (tertiary/aromatic N) is 2. The lowest BCUT2D eigenvalue weighted by Crippen LogP contribution is -2.21. The fourth-order valence-electron chi connectivity index (χ4n) is 3.42. The molecule has 0 fully saturated rings. The van der Waals surface area contributed by atoms with Gasteiger partial charge in [-0.1, -0.05) is 36.4 Å². The Morgan fingerprint density at radius 1 is 0.968 bits per heavy atom. The molecule has 4 rings (SSSR count). The smallest absolute Gasteiger partial charge is 0.271 e. The van der Waals surface area contributed by atoms with Gasteiger partial charge in [-0.2, -0.15) is 26.7 Å². The van der Waals surface area contributed by atoms with Gasteiger partial charge in [0.2, 0.25) is 0 Å². The SMILES string of the molecule is Cc1ccc(-c2cc(C(F)(F)F)nn2-c2ccc(NS(N)(=O)=O)cc2)c2ccccc12. The summed E-state index contributed by atoms with van der Waals surface area (Å²) in [5.74, 6) is 0. The molecular formula is C21H17F3N4O2S. The average molecular weight is 446 g/mol. The first-order chi connectivity index (χ1) is 14.5. The summed E-state index contributed by atoms with van der Waals surface area (Å²) in [7, 11) is -3.97. The summed E-state index contributed by atoms with van der Waals surface area (Å²) in [6, 6.07) is 17.8. The summed E-state index contributed by atoms with van der Waals surface area (Å²) in [4.78, 5) is 0. The van der Waals surface area contributed by atoms with E-state index in [1.165, 1.54) is 28.9 Å². The number of hydrogen-bond donors (Lipinski definition) is 2. The number of hydrogen-bond acceptors (Lipinski definition) is 3. The molecule has 3 aromatic carbocycles. The third-order valence-corrected chi connectivity index (χ3v) is 5.31. The van der Waals surface area contributed by atoms with Crippen LogP contribution in [-0.2, 0) is 16.4 Å². The molecule has 0 aliphatic rings. The van der Waals surface area contributed by atoms with Crippen LogP contribution in [0.1, 0.15) is 11.3 Å². The second-order valence-corrected chi connectivity index (χ2v) is 8.29. The molecule has 31 heavy (non-hydrogen) atoms. The Morgan fingerprint density at radius 2 is 1.61 bits per heavy atom. The number of halogens is 3. The summed E-state index contributed by atoms with van der Waals surface area (Å²) in [5, 5.41) is 10.5. The number of nitrogens with two attached hydrogens (primary N) is 1. The number of nitrogens with one attached hydrogen (secondary N) is 1. The van der Waals surface area contributed by atoms with Crippen LogP contribution in [0.25, 0.3) is 27.7 Å². The first-order valence-electron chi connectivity index (χ1n) is 9.10. The molecule has 0 radical (unpaired) electrons. The van der Waals surface area contributed by atoms with Crippen molar-refractivity contribution in [3.63, 3.8) is 0 Å². The van der Waals surface area contributed by atoms with Crippen LogP contribution in [0, 0.1) is 6.92 Å². The lowest BCUT2D eigenvalue weighted by atomic mass is 9.98. The molecule has 0 spiro atoms. The molecule has 10 heteroatoms. The van der Waals surface area contributed by atoms with Gasteiger partial charge < -0.3 is 0 Å². The highest BCUT2D eigenvalue weighted by molar-refractivity contribution is 7.90. The van der Waals surface area contributed by atoms with Crippen LogP contribution in [-0.4, -0.2) is 18.2 Å². The van der Waals surface area contributed by atoms with Crippen molar-refractivity contribution in [1.82, 2.24) is 9.78 Å². The monoisotopic (exact) mass is 446 g/mol. The van der Waals surface area contributed by atoms with E-state index in [9.17, 15) is 21.6 Å². The molecule has 160 valence electrons. The van der Waals surface area contributed by atoms with Gasteiger partial charge in [0.1, 0.15) is 0 Å². The van der Waals surface area contributed by atoms with E-state index in [0.717, 1.165) is 22.4 Å². The summed E-state index contributed by atoms with van der Waals surface area (Å²) < 4.78 is 66.1. The van der Waals surface area contributed by atoms with Crippen molar-refractivity contribution in [3.8, 4) is 16.9 Å². The topological polar surface area (TPSA) is 90.0 Å². The molecule has 0 unspecified atom stereocenters. The quantitative estimate of drug-likeness (QED) is 0.479. The number of fused-ring (bicyclic) bond motifs is 1. The third kappa shape index (κ3) is 4.25. The zero-order valence-corrected chi connectivity index (χ0v) is 17.0. The maximum atomic E-state index is 13.5. The van der Waals surface area contributed by atoms with Gasteiger partial charge >= 0.3 is 6.18 Å². The van der Waals surface area contributed by atoms with Crippen molar-refractivity contribution in [2.45, 2.75) is 13.1 Å². The van der Waals surface area contributed by atoms with Crippen LogP contribution in [0.15, 0.2) is 66.7 Å². The highest BCUT2D eigenvalue weighted by atomic mass is 32.2. The fourth-order valence-corrected chi connectivity index (χ4v) is 3.88. The predicted molar refractivity (Wildman–Crippen MR) is 113 cm³/mol. The minimum absolute atomic E-state index is 0.178. The Bertz CT molecular complexity index is 1380. The largest absolute Gasteiger partial charge is 0.435 e. The summed E-state index contributed by atoms with van der Waals surface area (Å²) in [6.07, 6.45) is -4.63. The highest BCUT2D eigenvalue weighted by Gasteiger charge is 2.35. The van der Waals surface area contributed by atoms with E-state index in [1.54, 1.807) is 6.07 Å². The lowest BCUT2D eigenvalue weighted by molar-refractivity contribution is -0.141. The Labute approximate surface area is 176 Å². The average Bonchev–Trinajstić information content (AvgIpc) is 3.13. The van der Waals surface area contributed by atoms with Crippen molar-refractivity contribution in [2.24, 2.45) is 5.14 Å². The molecule has 1 heterocycles. The first-order valence-corrected chi connectivity index (χ1v) is 10.6. The van der Waals surface area contributed by atoms with Gasteiger partial charge in [-0.15, -0.1) is 0 Å². The van der Waals surface area contributed by atoms with Gasteiger partial charge in [0.25, 0.3) is 10.2 Å². The van der Waals surface area contributed by atoms with E-state index >= 15 is 0 Å². The van der Waals surface area contributed by atoms with Crippen molar-refractivity contribution < 1.29 is 21.6 Å². The van der Waals surface area contributed by atoms with Crippen molar-refractivity contribution in [2.75, 3.05) is 4.72 Å². The van der Waals surface area contributed by atoms with Crippen LogP contribution in [0.4, 0.5) is 18.9 Å². The van der Waals surface area contributed by atoms with E-state index in [0.29, 0.717) is 11.3 Å². The van der Waals surface area contributed by atoms with Crippen LogP contribution in [0.5, 0.6) is 0 Å². The summed E-state index contributed by atoms with van der Waals surface area (Å²) >= 11 is 0. The van der Waals surface area contributed by atoms with E-state index in [4.69, 9.17) is 5.14 Å². The van der Waals surface area contributed by atoms with Crippen molar-refractivity contribution in [3.05, 3.63) is 78.0 Å².